The highest BCUT2D eigenvalue weighted by Crippen LogP contribution is 2.11. The summed E-state index contributed by atoms with van der Waals surface area (Å²) in [5.74, 6) is -1.37. The van der Waals surface area contributed by atoms with Gasteiger partial charge in [0.05, 0.1) is 0 Å². The molecule has 0 fully saturated rings. The monoisotopic (exact) mass is 439 g/mol. The Labute approximate surface area is 187 Å². The molecule has 0 bridgehead atoms. The lowest BCUT2D eigenvalue weighted by molar-refractivity contribution is -0.129. The van der Waals surface area contributed by atoms with E-state index < -0.39 is 23.9 Å². The second-order valence-electron chi connectivity index (χ2n) is 7.88. The topological polar surface area (TPSA) is 114 Å². The molecule has 32 heavy (non-hydrogen) atoms. The van der Waals surface area contributed by atoms with Crippen LogP contribution in [0.25, 0.3) is 0 Å². The summed E-state index contributed by atoms with van der Waals surface area (Å²) < 4.78 is 4.68. The van der Waals surface area contributed by atoms with Crippen molar-refractivity contribution in [3.63, 3.8) is 0 Å². The molecule has 2 aromatic rings. The van der Waals surface area contributed by atoms with Crippen molar-refractivity contribution in [3.05, 3.63) is 65.2 Å². The second-order valence-corrected chi connectivity index (χ2v) is 7.88. The van der Waals surface area contributed by atoms with Crippen LogP contribution >= 0.6 is 0 Å². The van der Waals surface area contributed by atoms with Crippen LogP contribution in [-0.2, 0) is 25.7 Å². The van der Waals surface area contributed by atoms with Crippen LogP contribution in [0.4, 0.5) is 5.69 Å². The highest BCUT2D eigenvalue weighted by molar-refractivity contribution is 6.00. The predicted octanol–water partition coefficient (Wildman–Crippen LogP) is 2.57. The van der Waals surface area contributed by atoms with E-state index in [4.69, 9.17) is 0 Å². The van der Waals surface area contributed by atoms with Gasteiger partial charge in [0.15, 0.2) is 0 Å². The van der Waals surface area contributed by atoms with Crippen molar-refractivity contribution < 1.29 is 23.9 Å². The maximum atomic E-state index is 12.8. The van der Waals surface area contributed by atoms with Crippen molar-refractivity contribution in [2.75, 3.05) is 5.32 Å². The van der Waals surface area contributed by atoms with Crippen molar-refractivity contribution in [3.8, 4) is 0 Å². The lowest BCUT2D eigenvalue weighted by Gasteiger charge is -2.24. The van der Waals surface area contributed by atoms with Crippen LogP contribution in [0.3, 0.4) is 0 Å². The third-order valence-electron chi connectivity index (χ3n) is 4.84. The molecule has 0 saturated carbocycles. The normalized spacial score (nSPS) is 12.4. The third-order valence-corrected chi connectivity index (χ3v) is 4.84. The van der Waals surface area contributed by atoms with Crippen molar-refractivity contribution in [1.29, 1.82) is 0 Å². The maximum absolute atomic E-state index is 12.8. The van der Waals surface area contributed by atoms with Gasteiger partial charge in [0.2, 0.25) is 11.8 Å². The summed E-state index contributed by atoms with van der Waals surface area (Å²) in [7, 11) is 0. The van der Waals surface area contributed by atoms with E-state index in [1.54, 1.807) is 43.3 Å². The highest BCUT2D eigenvalue weighted by atomic mass is 16.5. The van der Waals surface area contributed by atoms with Gasteiger partial charge in [-0.15, -0.1) is 0 Å². The number of aryl methyl sites for hydroxylation is 1. The van der Waals surface area contributed by atoms with Gasteiger partial charge >= 0.3 is 0 Å². The summed E-state index contributed by atoms with van der Waals surface area (Å²) in [4.78, 5) is 48.0. The number of nitrogens with one attached hydrogen (secondary N) is 3. The number of carbonyl (C=O) groups excluding carboxylic acids is 4. The number of rotatable bonds is 10. The lowest BCUT2D eigenvalue weighted by Crippen LogP contribution is -2.53. The number of carbonyl (C=O) groups is 4. The fourth-order valence-electron chi connectivity index (χ4n) is 2.90. The standard InChI is InChI=1S/C24H29N3O5/c1-15(2)21(27-23(30)19-9-5-16(3)6-10-19)24(31)25-17(4)22(29)26-20-11-7-18(8-12-20)13-32-14-28/h5-12,14-15,17,21H,13H2,1-4H3,(H,25,31)(H,26,29)(H,27,30). The van der Waals surface area contributed by atoms with Crippen LogP contribution in [-0.4, -0.2) is 36.3 Å². The van der Waals surface area contributed by atoms with Gasteiger partial charge in [-0.3, -0.25) is 19.2 Å². The van der Waals surface area contributed by atoms with E-state index in [0.717, 1.165) is 11.1 Å². The smallest absolute Gasteiger partial charge is 0.293 e. The first-order chi connectivity index (χ1) is 15.2. The number of hydrogen-bond donors (Lipinski definition) is 3. The van der Waals surface area contributed by atoms with Gasteiger partial charge in [-0.2, -0.15) is 0 Å². The zero-order chi connectivity index (χ0) is 23.7. The van der Waals surface area contributed by atoms with E-state index in [2.05, 4.69) is 20.7 Å². The lowest BCUT2D eigenvalue weighted by atomic mass is 10.0. The molecular weight excluding hydrogens is 410 g/mol. The molecule has 3 amide bonds. The average molecular weight is 440 g/mol. The minimum atomic E-state index is -0.821. The first-order valence-corrected chi connectivity index (χ1v) is 10.3. The Bertz CT molecular complexity index is 939. The minimum Gasteiger partial charge on any atom is -0.463 e. The van der Waals surface area contributed by atoms with Crippen molar-refractivity contribution in [2.45, 2.75) is 46.4 Å². The van der Waals surface area contributed by atoms with Crippen molar-refractivity contribution >= 4 is 29.9 Å². The highest BCUT2D eigenvalue weighted by Gasteiger charge is 2.27. The summed E-state index contributed by atoms with van der Waals surface area (Å²) in [5, 5.41) is 8.13. The SMILES string of the molecule is Cc1ccc(C(=O)NC(C(=O)NC(C)C(=O)Nc2ccc(COC=O)cc2)C(C)C)cc1. The Kier molecular flexibility index (Phi) is 8.95. The molecule has 0 aliphatic carbocycles. The Morgan fingerprint density at radius 1 is 0.906 bits per heavy atom. The summed E-state index contributed by atoms with van der Waals surface area (Å²) in [6.07, 6.45) is 0. The molecule has 0 spiro atoms. The first-order valence-electron chi connectivity index (χ1n) is 10.3. The Morgan fingerprint density at radius 2 is 1.53 bits per heavy atom. The van der Waals surface area contributed by atoms with Gasteiger partial charge in [0.25, 0.3) is 12.4 Å². The summed E-state index contributed by atoms with van der Waals surface area (Å²) in [5.41, 5.74) is 2.81. The van der Waals surface area contributed by atoms with Crippen LogP contribution in [0.5, 0.6) is 0 Å². The fourth-order valence-corrected chi connectivity index (χ4v) is 2.90. The molecule has 3 N–H and O–H groups in total. The fraction of sp³-hybridized carbons (Fsp3) is 0.333. The number of anilines is 1. The van der Waals surface area contributed by atoms with E-state index in [9.17, 15) is 19.2 Å². The van der Waals surface area contributed by atoms with Gasteiger partial charge in [-0.1, -0.05) is 43.7 Å². The van der Waals surface area contributed by atoms with Crippen LogP contribution in [0, 0.1) is 12.8 Å². The van der Waals surface area contributed by atoms with E-state index in [1.165, 1.54) is 0 Å². The van der Waals surface area contributed by atoms with E-state index in [-0.39, 0.29) is 18.4 Å². The van der Waals surface area contributed by atoms with Crippen molar-refractivity contribution in [2.24, 2.45) is 5.92 Å². The molecular formula is C24H29N3O5. The summed E-state index contributed by atoms with van der Waals surface area (Å²) in [6.45, 7) is 7.65. The zero-order valence-corrected chi connectivity index (χ0v) is 18.7. The first kappa shape index (κ1) is 24.6. The number of benzene rings is 2. The molecule has 2 atom stereocenters. The number of amides is 3. The molecule has 0 saturated heterocycles. The molecule has 0 aliphatic rings. The number of hydrogen-bond acceptors (Lipinski definition) is 5. The summed E-state index contributed by atoms with van der Waals surface area (Å²) in [6, 6.07) is 12.2. The molecule has 2 unspecified atom stereocenters. The molecule has 0 aliphatic heterocycles. The summed E-state index contributed by atoms with van der Waals surface area (Å²) >= 11 is 0. The molecule has 0 aromatic heterocycles. The van der Waals surface area contributed by atoms with Gasteiger partial charge < -0.3 is 20.7 Å². The van der Waals surface area contributed by atoms with E-state index in [1.807, 2.05) is 32.9 Å². The molecule has 0 heterocycles. The quantitative estimate of drug-likeness (QED) is 0.493. The van der Waals surface area contributed by atoms with Gasteiger partial charge in [-0.25, -0.2) is 0 Å². The predicted molar refractivity (Wildman–Crippen MR) is 121 cm³/mol. The van der Waals surface area contributed by atoms with Crippen molar-refractivity contribution in [1.82, 2.24) is 10.6 Å². The molecule has 170 valence electrons. The van der Waals surface area contributed by atoms with Gasteiger partial charge in [0, 0.05) is 11.3 Å². The van der Waals surface area contributed by atoms with Crippen LogP contribution in [0.2, 0.25) is 0 Å². The molecule has 0 radical (unpaired) electrons. The Morgan fingerprint density at radius 3 is 2.09 bits per heavy atom. The maximum Gasteiger partial charge on any atom is 0.293 e. The molecule has 8 nitrogen and oxygen atoms in total. The second kappa shape index (κ2) is 11.6. The van der Waals surface area contributed by atoms with Crippen LogP contribution in [0.15, 0.2) is 48.5 Å². The Balaban J connectivity index is 1.95. The van der Waals surface area contributed by atoms with Crippen LogP contribution < -0.4 is 16.0 Å². The number of ether oxygens (including phenoxy) is 1. The van der Waals surface area contributed by atoms with E-state index in [0.29, 0.717) is 17.7 Å². The Hall–Kier alpha value is -3.68. The van der Waals surface area contributed by atoms with E-state index >= 15 is 0 Å². The third kappa shape index (κ3) is 7.23. The largest absolute Gasteiger partial charge is 0.463 e. The molecule has 2 aromatic carbocycles. The van der Waals surface area contributed by atoms with Gasteiger partial charge in [-0.05, 0) is 49.6 Å². The zero-order valence-electron chi connectivity index (χ0n) is 18.7. The van der Waals surface area contributed by atoms with Gasteiger partial charge in [0.1, 0.15) is 18.7 Å². The molecule has 2 rings (SSSR count). The average Bonchev–Trinajstić information content (AvgIpc) is 2.76. The minimum absolute atomic E-state index is 0.148. The van der Waals surface area contributed by atoms with Crippen LogP contribution in [0.1, 0.15) is 42.3 Å². The molecule has 8 heteroatoms.